The molecule has 1 aliphatic heterocycles. The molecule has 1 heterocycles. The lowest BCUT2D eigenvalue weighted by Gasteiger charge is -2.16. The first-order valence-electron chi connectivity index (χ1n) is 6.47. The van der Waals surface area contributed by atoms with Gasteiger partial charge in [-0.3, -0.25) is 9.69 Å². The fraction of sp³-hybridized carbons (Fsp3) is 0.500. The minimum atomic E-state index is 0.00372. The van der Waals surface area contributed by atoms with E-state index in [-0.39, 0.29) is 12.5 Å². The van der Waals surface area contributed by atoms with Gasteiger partial charge in [0, 0.05) is 23.3 Å². The van der Waals surface area contributed by atoms with Crippen LogP contribution < -0.4 is 5.32 Å². The number of aryl methyl sites for hydroxylation is 1. The molecule has 0 aromatic heterocycles. The topological polar surface area (TPSA) is 52.6 Å². The zero-order chi connectivity index (χ0) is 13.8. The molecule has 1 unspecified atom stereocenters. The van der Waals surface area contributed by atoms with E-state index in [1.807, 2.05) is 25.1 Å². The number of aliphatic hydroxyl groups is 1. The van der Waals surface area contributed by atoms with Gasteiger partial charge < -0.3 is 10.4 Å². The van der Waals surface area contributed by atoms with Crippen LogP contribution in [0.1, 0.15) is 12.0 Å². The van der Waals surface area contributed by atoms with E-state index in [4.69, 9.17) is 5.11 Å². The number of rotatable bonds is 4. The minimum absolute atomic E-state index is 0.00372. The highest BCUT2D eigenvalue weighted by atomic mass is 79.9. The van der Waals surface area contributed by atoms with E-state index >= 15 is 0 Å². The number of nitrogens with one attached hydrogen (secondary N) is 1. The van der Waals surface area contributed by atoms with Crippen molar-refractivity contribution in [2.75, 3.05) is 31.6 Å². The maximum atomic E-state index is 12.0. The number of carbonyl (C=O) groups excluding carboxylic acids is 1. The van der Waals surface area contributed by atoms with Crippen molar-refractivity contribution in [2.24, 2.45) is 5.92 Å². The van der Waals surface area contributed by atoms with Gasteiger partial charge >= 0.3 is 0 Å². The molecule has 104 valence electrons. The van der Waals surface area contributed by atoms with E-state index in [9.17, 15) is 4.79 Å². The lowest BCUT2D eigenvalue weighted by molar-refractivity contribution is -0.117. The number of aliphatic hydroxyl groups excluding tert-OH is 1. The van der Waals surface area contributed by atoms with Crippen molar-refractivity contribution >= 4 is 27.5 Å². The van der Waals surface area contributed by atoms with Crippen LogP contribution in [0.25, 0.3) is 0 Å². The molecule has 5 heteroatoms. The summed E-state index contributed by atoms with van der Waals surface area (Å²) in [6, 6.07) is 5.80. The molecule has 1 fully saturated rings. The van der Waals surface area contributed by atoms with E-state index in [1.54, 1.807) is 0 Å². The van der Waals surface area contributed by atoms with E-state index in [0.717, 1.165) is 35.2 Å². The first kappa shape index (κ1) is 14.5. The maximum Gasteiger partial charge on any atom is 0.238 e. The maximum absolute atomic E-state index is 12.0. The van der Waals surface area contributed by atoms with Gasteiger partial charge in [0.25, 0.3) is 0 Å². The molecule has 1 atom stereocenters. The van der Waals surface area contributed by atoms with Crippen LogP contribution in [0.2, 0.25) is 0 Å². The lowest BCUT2D eigenvalue weighted by atomic mass is 10.1. The summed E-state index contributed by atoms with van der Waals surface area (Å²) < 4.78 is 1.01. The van der Waals surface area contributed by atoms with E-state index in [0.29, 0.717) is 12.5 Å². The zero-order valence-electron chi connectivity index (χ0n) is 11.0. The molecule has 1 saturated heterocycles. The van der Waals surface area contributed by atoms with Crippen molar-refractivity contribution in [3.63, 3.8) is 0 Å². The number of hydrogen-bond acceptors (Lipinski definition) is 3. The lowest BCUT2D eigenvalue weighted by Crippen LogP contribution is -2.32. The quantitative estimate of drug-likeness (QED) is 0.889. The molecule has 19 heavy (non-hydrogen) atoms. The molecular weight excluding hydrogens is 308 g/mol. The Morgan fingerprint density at radius 3 is 3.00 bits per heavy atom. The number of halogens is 1. The number of nitrogens with zero attached hydrogens (tertiary/aromatic N) is 1. The average molecular weight is 327 g/mol. The van der Waals surface area contributed by atoms with Gasteiger partial charge in [0.15, 0.2) is 0 Å². The van der Waals surface area contributed by atoms with Crippen molar-refractivity contribution in [3.05, 3.63) is 28.2 Å². The highest BCUT2D eigenvalue weighted by Crippen LogP contribution is 2.20. The summed E-state index contributed by atoms with van der Waals surface area (Å²) >= 11 is 3.40. The summed E-state index contributed by atoms with van der Waals surface area (Å²) in [5.41, 5.74) is 1.89. The molecule has 1 amide bonds. The second kappa shape index (κ2) is 6.50. The van der Waals surface area contributed by atoms with Gasteiger partial charge in [-0.15, -0.1) is 0 Å². The summed E-state index contributed by atoms with van der Waals surface area (Å²) in [5, 5.41) is 12.0. The monoisotopic (exact) mass is 326 g/mol. The Morgan fingerprint density at radius 2 is 2.37 bits per heavy atom. The van der Waals surface area contributed by atoms with Crippen LogP contribution in [-0.2, 0) is 4.79 Å². The fourth-order valence-electron chi connectivity index (χ4n) is 2.37. The second-order valence-corrected chi connectivity index (χ2v) is 6.00. The molecule has 2 rings (SSSR count). The number of carbonyl (C=O) groups is 1. The fourth-order valence-corrected chi connectivity index (χ4v) is 2.84. The van der Waals surface area contributed by atoms with Crippen molar-refractivity contribution in [1.29, 1.82) is 0 Å². The number of likely N-dealkylation sites (tertiary alicyclic amines) is 1. The Labute approximate surface area is 121 Å². The molecule has 0 spiro atoms. The summed E-state index contributed by atoms with van der Waals surface area (Å²) in [6.07, 6.45) is 0.973. The number of amides is 1. The first-order chi connectivity index (χ1) is 9.08. The first-order valence-corrected chi connectivity index (χ1v) is 7.27. The molecule has 2 N–H and O–H groups in total. The molecular formula is C14H19BrN2O2. The van der Waals surface area contributed by atoms with Gasteiger partial charge in [-0.25, -0.2) is 0 Å². The SMILES string of the molecule is Cc1cc(Br)ccc1NC(=O)CN1CCC(CO)C1. The minimum Gasteiger partial charge on any atom is -0.396 e. The smallest absolute Gasteiger partial charge is 0.238 e. The van der Waals surface area contributed by atoms with E-state index < -0.39 is 0 Å². The molecule has 0 bridgehead atoms. The van der Waals surface area contributed by atoms with E-state index in [1.165, 1.54) is 0 Å². The van der Waals surface area contributed by atoms with E-state index in [2.05, 4.69) is 26.1 Å². The summed E-state index contributed by atoms with van der Waals surface area (Å²) in [7, 11) is 0. The third-order valence-electron chi connectivity index (χ3n) is 3.46. The zero-order valence-corrected chi connectivity index (χ0v) is 12.6. The van der Waals surface area contributed by atoms with Crippen LogP contribution in [0.5, 0.6) is 0 Å². The second-order valence-electron chi connectivity index (χ2n) is 5.08. The molecule has 0 aliphatic carbocycles. The van der Waals surface area contributed by atoms with Crippen molar-refractivity contribution < 1.29 is 9.90 Å². The molecule has 0 saturated carbocycles. The van der Waals surface area contributed by atoms with Crippen molar-refractivity contribution in [2.45, 2.75) is 13.3 Å². The Hall–Kier alpha value is -0.910. The van der Waals surface area contributed by atoms with Crippen molar-refractivity contribution in [3.8, 4) is 0 Å². The van der Waals surface area contributed by atoms with Gasteiger partial charge in [-0.2, -0.15) is 0 Å². The molecule has 0 radical (unpaired) electrons. The number of hydrogen-bond donors (Lipinski definition) is 2. The van der Waals surface area contributed by atoms with Gasteiger partial charge in [-0.1, -0.05) is 15.9 Å². The standard InChI is InChI=1S/C14H19BrN2O2/c1-10-6-12(15)2-3-13(10)16-14(19)8-17-5-4-11(7-17)9-18/h2-3,6,11,18H,4-5,7-9H2,1H3,(H,16,19). The van der Waals surface area contributed by atoms with Crippen LogP contribution >= 0.6 is 15.9 Å². The summed E-state index contributed by atoms with van der Waals surface area (Å²) in [6.45, 7) is 4.27. The predicted octanol–water partition coefficient (Wildman–Crippen LogP) is 2.01. The Balaban J connectivity index is 1.87. The third kappa shape index (κ3) is 4.03. The molecule has 1 aromatic carbocycles. The van der Waals surface area contributed by atoms with Crippen LogP contribution in [0.15, 0.2) is 22.7 Å². The Kier molecular flexibility index (Phi) is 4.96. The Morgan fingerprint density at radius 1 is 1.58 bits per heavy atom. The van der Waals surface area contributed by atoms with Crippen LogP contribution in [0.3, 0.4) is 0 Å². The van der Waals surface area contributed by atoms with Gasteiger partial charge in [0.05, 0.1) is 6.54 Å². The number of anilines is 1. The average Bonchev–Trinajstić information content (AvgIpc) is 2.80. The number of benzene rings is 1. The molecule has 1 aromatic rings. The van der Waals surface area contributed by atoms with Gasteiger partial charge in [0.2, 0.25) is 5.91 Å². The predicted molar refractivity (Wildman–Crippen MR) is 79.1 cm³/mol. The normalized spacial score (nSPS) is 19.6. The molecule has 1 aliphatic rings. The van der Waals surface area contributed by atoms with Crippen LogP contribution in [0, 0.1) is 12.8 Å². The van der Waals surface area contributed by atoms with Crippen molar-refractivity contribution in [1.82, 2.24) is 4.90 Å². The van der Waals surface area contributed by atoms with Gasteiger partial charge in [0.1, 0.15) is 0 Å². The van der Waals surface area contributed by atoms with Crippen LogP contribution in [-0.4, -0.2) is 42.2 Å². The third-order valence-corrected chi connectivity index (χ3v) is 3.95. The van der Waals surface area contributed by atoms with Gasteiger partial charge in [-0.05, 0) is 49.6 Å². The largest absolute Gasteiger partial charge is 0.396 e. The summed E-state index contributed by atoms with van der Waals surface area (Å²) in [4.78, 5) is 14.1. The Bertz CT molecular complexity index is 465. The highest BCUT2D eigenvalue weighted by Gasteiger charge is 2.23. The molecule has 4 nitrogen and oxygen atoms in total. The van der Waals surface area contributed by atoms with Crippen LogP contribution in [0.4, 0.5) is 5.69 Å². The summed E-state index contributed by atoms with van der Waals surface area (Å²) in [5.74, 6) is 0.325. The highest BCUT2D eigenvalue weighted by molar-refractivity contribution is 9.10.